The summed E-state index contributed by atoms with van der Waals surface area (Å²) in [5.74, 6) is -0.852. The van der Waals surface area contributed by atoms with Crippen molar-refractivity contribution >= 4 is 38.9 Å². The number of carbonyl (C=O) groups is 1. The van der Waals surface area contributed by atoms with Crippen LogP contribution in [0.1, 0.15) is 5.56 Å². The van der Waals surface area contributed by atoms with Gasteiger partial charge in [-0.05, 0) is 29.8 Å². The highest BCUT2D eigenvalue weighted by molar-refractivity contribution is 7.91. The van der Waals surface area contributed by atoms with Gasteiger partial charge in [0.05, 0.1) is 10.9 Å². The molecule has 0 spiro atoms. The van der Waals surface area contributed by atoms with E-state index in [0.29, 0.717) is 9.90 Å². The van der Waals surface area contributed by atoms with Gasteiger partial charge in [0.1, 0.15) is 9.96 Å². The number of rotatable bonds is 7. The second kappa shape index (κ2) is 8.68. The van der Waals surface area contributed by atoms with Gasteiger partial charge in [0, 0.05) is 20.6 Å². The number of sulfonamides is 1. The SMILES string of the molecule is CN(Cc1ccc(OC(F)(F)F)cc1)C(=O)CN(C)S(=O)(=O)c1ccc(Cl)s1. The van der Waals surface area contributed by atoms with E-state index < -0.39 is 28.8 Å². The summed E-state index contributed by atoms with van der Waals surface area (Å²) < 4.78 is 66.4. The number of nitrogens with zero attached hydrogens (tertiary/aromatic N) is 2. The first-order valence-corrected chi connectivity index (χ1v) is 10.3. The summed E-state index contributed by atoms with van der Waals surface area (Å²) in [6, 6.07) is 7.86. The van der Waals surface area contributed by atoms with Crippen LogP contribution in [0, 0.1) is 0 Å². The van der Waals surface area contributed by atoms with Crippen molar-refractivity contribution in [3.05, 3.63) is 46.3 Å². The molecule has 0 N–H and O–H groups in total. The zero-order valence-electron chi connectivity index (χ0n) is 14.7. The Morgan fingerprint density at radius 1 is 1.14 bits per heavy atom. The minimum Gasteiger partial charge on any atom is -0.406 e. The Balaban J connectivity index is 1.97. The lowest BCUT2D eigenvalue weighted by Gasteiger charge is -2.21. The van der Waals surface area contributed by atoms with Crippen LogP contribution in [0.15, 0.2) is 40.6 Å². The maximum Gasteiger partial charge on any atom is 0.573 e. The fraction of sp³-hybridized carbons (Fsp3) is 0.312. The Kier molecular flexibility index (Phi) is 6.97. The molecule has 0 unspecified atom stereocenters. The van der Waals surface area contributed by atoms with Crippen LogP contribution < -0.4 is 4.74 Å². The number of alkyl halides is 3. The van der Waals surface area contributed by atoms with E-state index in [2.05, 4.69) is 4.74 Å². The summed E-state index contributed by atoms with van der Waals surface area (Å²) in [6.07, 6.45) is -4.78. The van der Waals surface area contributed by atoms with Crippen LogP contribution in [-0.2, 0) is 21.4 Å². The fourth-order valence-corrected chi connectivity index (χ4v) is 4.96. The molecule has 0 saturated heterocycles. The Hall–Kier alpha value is -1.82. The fourth-order valence-electron chi connectivity index (χ4n) is 2.14. The topological polar surface area (TPSA) is 66.9 Å². The summed E-state index contributed by atoms with van der Waals surface area (Å²) >= 11 is 6.64. The summed E-state index contributed by atoms with van der Waals surface area (Å²) in [5, 5.41) is 0. The van der Waals surface area contributed by atoms with Gasteiger partial charge in [0.15, 0.2) is 0 Å². The van der Waals surface area contributed by atoms with Gasteiger partial charge in [-0.1, -0.05) is 23.7 Å². The summed E-state index contributed by atoms with van der Waals surface area (Å²) in [7, 11) is -1.11. The number of carbonyl (C=O) groups excluding carboxylic acids is 1. The van der Waals surface area contributed by atoms with E-state index >= 15 is 0 Å². The maximum absolute atomic E-state index is 12.4. The highest BCUT2D eigenvalue weighted by atomic mass is 35.5. The van der Waals surface area contributed by atoms with E-state index in [1.54, 1.807) is 0 Å². The molecule has 1 aromatic heterocycles. The molecule has 154 valence electrons. The molecule has 0 aliphatic rings. The number of benzene rings is 1. The van der Waals surface area contributed by atoms with Crippen molar-refractivity contribution in [2.45, 2.75) is 17.1 Å². The smallest absolute Gasteiger partial charge is 0.406 e. The molecule has 2 aromatic rings. The molecule has 1 aromatic carbocycles. The third kappa shape index (κ3) is 6.09. The lowest BCUT2D eigenvalue weighted by atomic mass is 10.2. The molecule has 0 bridgehead atoms. The lowest BCUT2D eigenvalue weighted by Crippen LogP contribution is -2.38. The molecular weight excluding hydrogens is 441 g/mol. The quantitative estimate of drug-likeness (QED) is 0.638. The number of halogens is 4. The van der Waals surface area contributed by atoms with Gasteiger partial charge < -0.3 is 9.64 Å². The van der Waals surface area contributed by atoms with Crippen molar-refractivity contribution in [3.63, 3.8) is 0 Å². The first-order chi connectivity index (χ1) is 12.9. The zero-order chi connectivity index (χ0) is 21.1. The molecule has 1 amide bonds. The molecule has 2 rings (SSSR count). The number of ether oxygens (including phenoxy) is 1. The van der Waals surface area contributed by atoms with Gasteiger partial charge in [-0.15, -0.1) is 24.5 Å². The first-order valence-electron chi connectivity index (χ1n) is 7.69. The van der Waals surface area contributed by atoms with E-state index in [9.17, 15) is 26.4 Å². The van der Waals surface area contributed by atoms with E-state index in [0.717, 1.165) is 27.8 Å². The second-order valence-electron chi connectivity index (χ2n) is 5.76. The van der Waals surface area contributed by atoms with Crippen LogP contribution in [0.25, 0.3) is 0 Å². The highest BCUT2D eigenvalue weighted by Crippen LogP contribution is 2.27. The molecule has 0 atom stereocenters. The van der Waals surface area contributed by atoms with Gasteiger partial charge in [0.2, 0.25) is 5.91 Å². The predicted molar refractivity (Wildman–Crippen MR) is 98.7 cm³/mol. The minimum atomic E-state index is -4.78. The first kappa shape index (κ1) is 22.5. The standard InChI is InChI=1S/C16H16ClF3N2O4S2/c1-21(9-11-3-5-12(6-4-11)26-16(18,19)20)14(23)10-22(2)28(24,25)15-8-7-13(17)27-15/h3-8H,9-10H2,1-2H3. The van der Waals surface area contributed by atoms with Crippen LogP contribution in [0.2, 0.25) is 4.34 Å². The Bertz CT molecular complexity index is 930. The van der Waals surface area contributed by atoms with Crippen LogP contribution in [0.5, 0.6) is 5.75 Å². The third-order valence-corrected chi connectivity index (χ3v) is 7.08. The van der Waals surface area contributed by atoms with Gasteiger partial charge in [0.25, 0.3) is 10.0 Å². The molecule has 0 fully saturated rings. The molecule has 1 heterocycles. The van der Waals surface area contributed by atoms with Crippen LogP contribution >= 0.6 is 22.9 Å². The molecule has 0 saturated carbocycles. The molecule has 28 heavy (non-hydrogen) atoms. The van der Waals surface area contributed by atoms with Crippen LogP contribution in [-0.4, -0.2) is 50.5 Å². The van der Waals surface area contributed by atoms with Crippen molar-refractivity contribution in [1.82, 2.24) is 9.21 Å². The molecule has 6 nitrogen and oxygen atoms in total. The van der Waals surface area contributed by atoms with Gasteiger partial charge in [-0.25, -0.2) is 8.42 Å². The van der Waals surface area contributed by atoms with Crippen molar-refractivity contribution in [2.75, 3.05) is 20.6 Å². The van der Waals surface area contributed by atoms with Gasteiger partial charge in [-0.2, -0.15) is 4.31 Å². The van der Waals surface area contributed by atoms with E-state index in [1.165, 1.54) is 43.3 Å². The monoisotopic (exact) mass is 456 g/mol. The Morgan fingerprint density at radius 3 is 2.25 bits per heavy atom. The van der Waals surface area contributed by atoms with Crippen molar-refractivity contribution in [3.8, 4) is 5.75 Å². The van der Waals surface area contributed by atoms with E-state index in [1.807, 2.05) is 0 Å². The van der Waals surface area contributed by atoms with E-state index in [-0.39, 0.29) is 16.5 Å². The highest BCUT2D eigenvalue weighted by Gasteiger charge is 2.31. The van der Waals surface area contributed by atoms with Gasteiger partial charge >= 0.3 is 6.36 Å². The van der Waals surface area contributed by atoms with Crippen LogP contribution in [0.3, 0.4) is 0 Å². The molecule has 0 aliphatic heterocycles. The van der Waals surface area contributed by atoms with Crippen molar-refractivity contribution in [1.29, 1.82) is 0 Å². The average Bonchev–Trinajstić information content (AvgIpc) is 3.02. The molecular formula is C16H16ClF3N2O4S2. The molecule has 12 heteroatoms. The molecule has 0 radical (unpaired) electrons. The van der Waals surface area contributed by atoms with Crippen molar-refractivity contribution < 1.29 is 31.1 Å². The minimum absolute atomic E-state index is 0.0238. The maximum atomic E-state index is 12.4. The normalized spacial score (nSPS) is 12.2. The predicted octanol–water partition coefficient (Wildman–Crippen LogP) is 3.58. The molecule has 0 aliphatic carbocycles. The summed E-state index contributed by atoms with van der Waals surface area (Å²) in [6.45, 7) is -0.312. The number of amides is 1. The Morgan fingerprint density at radius 2 is 1.75 bits per heavy atom. The average molecular weight is 457 g/mol. The van der Waals surface area contributed by atoms with Crippen molar-refractivity contribution in [2.24, 2.45) is 0 Å². The zero-order valence-corrected chi connectivity index (χ0v) is 17.1. The van der Waals surface area contributed by atoms with Crippen LogP contribution in [0.4, 0.5) is 13.2 Å². The number of hydrogen-bond acceptors (Lipinski definition) is 5. The second-order valence-corrected chi connectivity index (χ2v) is 9.75. The number of thiophene rings is 1. The van der Waals surface area contributed by atoms with Gasteiger partial charge in [-0.3, -0.25) is 4.79 Å². The largest absolute Gasteiger partial charge is 0.573 e. The number of hydrogen-bond donors (Lipinski definition) is 0. The number of likely N-dealkylation sites (N-methyl/N-ethyl adjacent to an activating group) is 2. The summed E-state index contributed by atoms with van der Waals surface area (Å²) in [5.41, 5.74) is 0.556. The summed E-state index contributed by atoms with van der Waals surface area (Å²) in [4.78, 5) is 13.6. The Labute approximate surface area is 169 Å². The third-order valence-electron chi connectivity index (χ3n) is 3.57. The van der Waals surface area contributed by atoms with E-state index in [4.69, 9.17) is 11.6 Å². The lowest BCUT2D eigenvalue weighted by molar-refractivity contribution is -0.274.